The Morgan fingerprint density at radius 1 is 1.17 bits per heavy atom. The molecule has 2 aliphatic rings. The van der Waals surface area contributed by atoms with Crippen LogP contribution in [0.5, 0.6) is 11.5 Å². The molecule has 6 heteroatoms. The number of allylic oxidation sites excluding steroid dienone is 1. The number of hydrogen-bond donors (Lipinski definition) is 0. The second-order valence-electron chi connectivity index (χ2n) is 8.50. The van der Waals surface area contributed by atoms with Crippen LogP contribution in [0, 0.1) is 29.6 Å². The van der Waals surface area contributed by atoms with Crippen LogP contribution in [0.4, 0.5) is 0 Å². The fraction of sp³-hybridized carbons (Fsp3) is 0.583. The summed E-state index contributed by atoms with van der Waals surface area (Å²) in [6.45, 7) is 8.86. The van der Waals surface area contributed by atoms with Gasteiger partial charge in [0, 0.05) is 30.1 Å². The molecule has 1 amide bonds. The number of ether oxygens (including phenoxy) is 3. The minimum absolute atomic E-state index is 0.0369. The van der Waals surface area contributed by atoms with Gasteiger partial charge in [0.2, 0.25) is 5.91 Å². The molecule has 1 saturated heterocycles. The topological polar surface area (TPSA) is 65.1 Å². The third kappa shape index (κ3) is 3.92. The minimum Gasteiger partial charge on any atom is -0.497 e. The summed E-state index contributed by atoms with van der Waals surface area (Å²) in [5.74, 6) is 0.772. The van der Waals surface area contributed by atoms with Crippen LogP contribution in [-0.2, 0) is 20.9 Å². The van der Waals surface area contributed by atoms with Crippen molar-refractivity contribution in [2.45, 2.75) is 40.3 Å². The Morgan fingerprint density at radius 3 is 2.50 bits per heavy atom. The number of likely N-dealkylation sites (tertiary alicyclic amines) is 1. The van der Waals surface area contributed by atoms with E-state index in [9.17, 15) is 9.59 Å². The molecule has 3 rings (SSSR count). The minimum atomic E-state index is -0.320. The first-order valence-corrected chi connectivity index (χ1v) is 10.7. The molecule has 0 radical (unpaired) electrons. The Labute approximate surface area is 179 Å². The predicted molar refractivity (Wildman–Crippen MR) is 114 cm³/mol. The number of carbonyl (C=O) groups is 2. The summed E-state index contributed by atoms with van der Waals surface area (Å²) in [6, 6.07) is 5.58. The van der Waals surface area contributed by atoms with E-state index in [-0.39, 0.29) is 47.5 Å². The number of nitrogens with zero attached hydrogens (tertiary/aromatic N) is 1. The van der Waals surface area contributed by atoms with Gasteiger partial charge in [0.15, 0.2) is 0 Å². The summed E-state index contributed by atoms with van der Waals surface area (Å²) in [5, 5.41) is 0. The van der Waals surface area contributed by atoms with E-state index in [1.807, 2.05) is 49.1 Å². The Balaban J connectivity index is 1.98. The van der Waals surface area contributed by atoms with Crippen LogP contribution >= 0.6 is 0 Å². The van der Waals surface area contributed by atoms with Crippen LogP contribution < -0.4 is 9.47 Å². The van der Waals surface area contributed by atoms with Gasteiger partial charge >= 0.3 is 5.97 Å². The van der Waals surface area contributed by atoms with Gasteiger partial charge in [-0.1, -0.05) is 32.9 Å². The fourth-order valence-corrected chi connectivity index (χ4v) is 5.10. The summed E-state index contributed by atoms with van der Waals surface area (Å²) in [4.78, 5) is 28.2. The molecule has 30 heavy (non-hydrogen) atoms. The first-order chi connectivity index (χ1) is 14.3. The van der Waals surface area contributed by atoms with E-state index in [4.69, 9.17) is 14.2 Å². The first-order valence-electron chi connectivity index (χ1n) is 10.7. The molecule has 0 saturated carbocycles. The number of fused-ring (bicyclic) bond motifs is 1. The highest BCUT2D eigenvalue weighted by Crippen LogP contribution is 2.47. The van der Waals surface area contributed by atoms with Gasteiger partial charge < -0.3 is 19.1 Å². The van der Waals surface area contributed by atoms with Crippen LogP contribution in [0.3, 0.4) is 0 Å². The van der Waals surface area contributed by atoms with Crippen LogP contribution in [-0.4, -0.2) is 43.6 Å². The number of carbonyl (C=O) groups excluding carboxylic acids is 2. The smallest absolute Gasteiger partial charge is 0.309 e. The van der Waals surface area contributed by atoms with E-state index < -0.39 is 0 Å². The van der Waals surface area contributed by atoms with E-state index in [1.54, 1.807) is 14.2 Å². The molecule has 1 heterocycles. The van der Waals surface area contributed by atoms with Gasteiger partial charge in [0.1, 0.15) is 11.5 Å². The molecule has 0 N–H and O–H groups in total. The standard InChI is InChI=1S/C24H33NO5/c1-7-30-24(27)20-15(4)8-11-18-21(20)22(14(2)3)25(23(18)26)13-16-9-10-17(28-5)12-19(16)29-6/h8-12,14-15,18,20-22H,7,13H2,1-6H3/t15-,18+,20-,21-,22+/m1/s1. The van der Waals surface area contributed by atoms with Crippen molar-refractivity contribution in [3.63, 3.8) is 0 Å². The molecule has 5 atom stereocenters. The van der Waals surface area contributed by atoms with Crippen LogP contribution in [0.25, 0.3) is 0 Å². The summed E-state index contributed by atoms with van der Waals surface area (Å²) in [5.41, 5.74) is 0.917. The Bertz CT molecular complexity index is 818. The van der Waals surface area contributed by atoms with E-state index >= 15 is 0 Å². The molecule has 1 aliphatic heterocycles. The molecule has 1 fully saturated rings. The zero-order chi connectivity index (χ0) is 22.0. The number of esters is 1. The van der Waals surface area contributed by atoms with Gasteiger partial charge in [-0.15, -0.1) is 0 Å². The van der Waals surface area contributed by atoms with Crippen LogP contribution in [0.1, 0.15) is 33.3 Å². The normalized spacial score (nSPS) is 27.9. The summed E-state index contributed by atoms with van der Waals surface area (Å²) < 4.78 is 16.2. The molecule has 164 valence electrons. The second-order valence-corrected chi connectivity index (χ2v) is 8.50. The van der Waals surface area contributed by atoms with Crippen molar-refractivity contribution in [1.82, 2.24) is 4.90 Å². The highest BCUT2D eigenvalue weighted by atomic mass is 16.5. The molecule has 0 spiro atoms. The van der Waals surface area contributed by atoms with Crippen molar-refractivity contribution < 1.29 is 23.8 Å². The third-order valence-electron chi connectivity index (χ3n) is 6.42. The molecule has 1 aromatic carbocycles. The SMILES string of the molecule is CCOC(=O)[C@H]1[C@H]2[C@H](C=C[C@H]1C)C(=O)N(Cc1ccc(OC)cc1OC)[C@H]2C(C)C. The highest BCUT2D eigenvalue weighted by Gasteiger charge is 2.55. The molecule has 1 aromatic rings. The lowest BCUT2D eigenvalue weighted by Gasteiger charge is -2.38. The highest BCUT2D eigenvalue weighted by molar-refractivity contribution is 5.86. The van der Waals surface area contributed by atoms with Gasteiger partial charge in [-0.3, -0.25) is 9.59 Å². The molecule has 6 nitrogen and oxygen atoms in total. The Hall–Kier alpha value is -2.50. The summed E-state index contributed by atoms with van der Waals surface area (Å²) in [6.07, 6.45) is 3.99. The average molecular weight is 416 g/mol. The van der Waals surface area contributed by atoms with Gasteiger partial charge in [-0.25, -0.2) is 0 Å². The first kappa shape index (κ1) is 22.2. The lowest BCUT2D eigenvalue weighted by atomic mass is 9.68. The van der Waals surface area contributed by atoms with Crippen molar-refractivity contribution in [2.75, 3.05) is 20.8 Å². The van der Waals surface area contributed by atoms with Crippen molar-refractivity contribution in [3.05, 3.63) is 35.9 Å². The monoisotopic (exact) mass is 415 g/mol. The molecule has 1 aliphatic carbocycles. The maximum Gasteiger partial charge on any atom is 0.309 e. The lowest BCUT2D eigenvalue weighted by Crippen LogP contribution is -2.44. The zero-order valence-electron chi connectivity index (χ0n) is 18.8. The molecule has 0 bridgehead atoms. The van der Waals surface area contributed by atoms with Gasteiger partial charge in [0.25, 0.3) is 0 Å². The third-order valence-corrected chi connectivity index (χ3v) is 6.42. The number of rotatable bonds is 7. The van der Waals surface area contributed by atoms with E-state index in [0.717, 1.165) is 5.56 Å². The van der Waals surface area contributed by atoms with Crippen molar-refractivity contribution in [1.29, 1.82) is 0 Å². The van der Waals surface area contributed by atoms with Crippen LogP contribution in [0.15, 0.2) is 30.4 Å². The molecular weight excluding hydrogens is 382 g/mol. The number of hydrogen-bond acceptors (Lipinski definition) is 5. The summed E-state index contributed by atoms with van der Waals surface area (Å²) >= 11 is 0. The molecule has 0 aromatic heterocycles. The van der Waals surface area contributed by atoms with E-state index in [1.165, 1.54) is 0 Å². The van der Waals surface area contributed by atoms with E-state index in [0.29, 0.717) is 24.7 Å². The predicted octanol–water partition coefficient (Wildman–Crippen LogP) is 3.69. The second kappa shape index (κ2) is 9.11. The van der Waals surface area contributed by atoms with Crippen molar-refractivity contribution in [2.24, 2.45) is 29.6 Å². The van der Waals surface area contributed by atoms with Gasteiger partial charge in [-0.05, 0) is 30.9 Å². The maximum atomic E-state index is 13.5. The fourth-order valence-electron chi connectivity index (χ4n) is 5.10. The lowest BCUT2D eigenvalue weighted by molar-refractivity contribution is -0.153. The number of amides is 1. The Kier molecular flexibility index (Phi) is 6.74. The number of methoxy groups -OCH3 is 2. The largest absolute Gasteiger partial charge is 0.497 e. The number of benzene rings is 1. The maximum absolute atomic E-state index is 13.5. The zero-order valence-corrected chi connectivity index (χ0v) is 18.8. The van der Waals surface area contributed by atoms with Gasteiger partial charge in [-0.2, -0.15) is 0 Å². The van der Waals surface area contributed by atoms with Crippen molar-refractivity contribution in [3.8, 4) is 11.5 Å². The molecule has 0 unspecified atom stereocenters. The summed E-state index contributed by atoms with van der Waals surface area (Å²) in [7, 11) is 3.23. The Morgan fingerprint density at radius 2 is 1.90 bits per heavy atom. The van der Waals surface area contributed by atoms with Crippen molar-refractivity contribution >= 4 is 11.9 Å². The van der Waals surface area contributed by atoms with E-state index in [2.05, 4.69) is 13.8 Å². The average Bonchev–Trinajstić information content (AvgIpc) is 3.00. The quantitative estimate of drug-likeness (QED) is 0.502. The molecular formula is C24H33NO5. The van der Waals surface area contributed by atoms with Crippen LogP contribution in [0.2, 0.25) is 0 Å². The van der Waals surface area contributed by atoms with Gasteiger partial charge in [0.05, 0.1) is 32.7 Å².